The number of ether oxygens (including phenoxy) is 3. The van der Waals surface area contributed by atoms with Gasteiger partial charge in [-0.3, -0.25) is 10.1 Å². The van der Waals surface area contributed by atoms with Crippen LogP contribution in [0.2, 0.25) is 0 Å². The van der Waals surface area contributed by atoms with E-state index in [1.165, 1.54) is 0 Å². The van der Waals surface area contributed by atoms with E-state index in [0.29, 0.717) is 37.9 Å². The van der Waals surface area contributed by atoms with Crippen molar-refractivity contribution in [2.24, 2.45) is 5.73 Å². The van der Waals surface area contributed by atoms with E-state index in [9.17, 15) is 4.79 Å². The molecule has 1 aromatic rings. The first-order valence-electron chi connectivity index (χ1n) is 6.13. The maximum absolute atomic E-state index is 11.5. The van der Waals surface area contributed by atoms with Crippen LogP contribution in [0.4, 0.5) is 0 Å². The molecule has 6 nitrogen and oxygen atoms in total. The second kappa shape index (κ2) is 6.40. The minimum atomic E-state index is -0.564. The van der Waals surface area contributed by atoms with Crippen molar-refractivity contribution in [1.29, 1.82) is 0 Å². The Hall–Kier alpha value is -1.79. The van der Waals surface area contributed by atoms with Gasteiger partial charge in [0.05, 0.1) is 6.61 Å². The van der Waals surface area contributed by atoms with Crippen LogP contribution in [-0.2, 0) is 9.53 Å². The average Bonchev–Trinajstić information content (AvgIpc) is 2.43. The lowest BCUT2D eigenvalue weighted by atomic mass is 10.1. The summed E-state index contributed by atoms with van der Waals surface area (Å²) in [4.78, 5) is 11.5. The summed E-state index contributed by atoms with van der Waals surface area (Å²) in [6.45, 7) is 2.10. The van der Waals surface area contributed by atoms with Crippen LogP contribution in [0.3, 0.4) is 0 Å². The Morgan fingerprint density at radius 2 is 2.16 bits per heavy atom. The molecule has 0 radical (unpaired) electrons. The van der Waals surface area contributed by atoms with Gasteiger partial charge >= 0.3 is 0 Å². The second-order valence-electron chi connectivity index (χ2n) is 4.19. The zero-order chi connectivity index (χ0) is 13.7. The number of primary amides is 1. The molecule has 1 aliphatic rings. The fourth-order valence-corrected chi connectivity index (χ4v) is 1.93. The first-order chi connectivity index (χ1) is 9.22. The molecule has 0 saturated heterocycles. The smallest absolute Gasteiger partial charge is 0.239 e. The molecule has 1 amide bonds. The molecule has 6 heteroatoms. The highest BCUT2D eigenvalue weighted by atomic mass is 16.6. The van der Waals surface area contributed by atoms with Gasteiger partial charge in [0, 0.05) is 13.7 Å². The van der Waals surface area contributed by atoms with Gasteiger partial charge in [-0.15, -0.1) is 0 Å². The monoisotopic (exact) mass is 266 g/mol. The first-order valence-corrected chi connectivity index (χ1v) is 6.13. The zero-order valence-corrected chi connectivity index (χ0v) is 10.8. The van der Waals surface area contributed by atoms with Crippen LogP contribution in [0.25, 0.3) is 0 Å². The summed E-state index contributed by atoms with van der Waals surface area (Å²) < 4.78 is 15.9. The normalized spacial score (nSPS) is 15.0. The highest BCUT2D eigenvalue weighted by molar-refractivity contribution is 5.81. The summed E-state index contributed by atoms with van der Waals surface area (Å²) in [6, 6.07) is 4.82. The van der Waals surface area contributed by atoms with Gasteiger partial charge in [-0.05, 0) is 17.7 Å². The SMILES string of the molecule is COCCNC(C(N)=O)c1ccc2c(c1)OCCO2. The molecule has 1 aliphatic heterocycles. The lowest BCUT2D eigenvalue weighted by molar-refractivity contribution is -0.120. The Bertz CT molecular complexity index is 450. The quantitative estimate of drug-likeness (QED) is 0.720. The minimum absolute atomic E-state index is 0.437. The van der Waals surface area contributed by atoms with E-state index < -0.39 is 11.9 Å². The van der Waals surface area contributed by atoms with Gasteiger partial charge < -0.3 is 19.9 Å². The summed E-state index contributed by atoms with van der Waals surface area (Å²) >= 11 is 0. The molecule has 0 spiro atoms. The van der Waals surface area contributed by atoms with Gasteiger partial charge in [0.2, 0.25) is 5.91 Å². The predicted molar refractivity (Wildman–Crippen MR) is 69.2 cm³/mol. The number of rotatable bonds is 6. The molecule has 1 heterocycles. The Kier molecular flexibility index (Phi) is 4.59. The molecular weight excluding hydrogens is 248 g/mol. The second-order valence-corrected chi connectivity index (χ2v) is 4.19. The minimum Gasteiger partial charge on any atom is -0.486 e. The number of nitrogens with one attached hydrogen (secondary N) is 1. The van der Waals surface area contributed by atoms with Gasteiger partial charge in [0.25, 0.3) is 0 Å². The van der Waals surface area contributed by atoms with Gasteiger partial charge in [-0.25, -0.2) is 0 Å². The number of hydrogen-bond donors (Lipinski definition) is 2. The van der Waals surface area contributed by atoms with E-state index in [0.717, 1.165) is 5.56 Å². The van der Waals surface area contributed by atoms with Crippen molar-refractivity contribution in [3.63, 3.8) is 0 Å². The summed E-state index contributed by atoms with van der Waals surface area (Å²) in [6.07, 6.45) is 0. The molecule has 1 aromatic carbocycles. The van der Waals surface area contributed by atoms with Crippen molar-refractivity contribution < 1.29 is 19.0 Å². The van der Waals surface area contributed by atoms with E-state index >= 15 is 0 Å². The van der Waals surface area contributed by atoms with Crippen LogP contribution < -0.4 is 20.5 Å². The standard InChI is InChI=1S/C13H18N2O4/c1-17-5-4-15-12(13(14)16)9-2-3-10-11(8-9)19-7-6-18-10/h2-3,8,12,15H,4-7H2,1H3,(H2,14,16). The molecule has 0 aliphatic carbocycles. The molecule has 0 fully saturated rings. The summed E-state index contributed by atoms with van der Waals surface area (Å²) in [7, 11) is 1.60. The maximum atomic E-state index is 11.5. The lowest BCUT2D eigenvalue weighted by Crippen LogP contribution is -2.35. The van der Waals surface area contributed by atoms with Crippen molar-refractivity contribution in [3.05, 3.63) is 23.8 Å². The number of carbonyl (C=O) groups is 1. The number of hydrogen-bond acceptors (Lipinski definition) is 5. The van der Waals surface area contributed by atoms with Crippen molar-refractivity contribution in [2.75, 3.05) is 33.5 Å². The predicted octanol–water partition coefficient (Wildman–Crippen LogP) is 0.220. The topological polar surface area (TPSA) is 82.8 Å². The number of nitrogens with two attached hydrogens (primary N) is 1. The largest absolute Gasteiger partial charge is 0.486 e. The van der Waals surface area contributed by atoms with Gasteiger partial charge in [-0.2, -0.15) is 0 Å². The van der Waals surface area contributed by atoms with Crippen LogP contribution in [-0.4, -0.2) is 39.4 Å². The van der Waals surface area contributed by atoms with Gasteiger partial charge in [0.15, 0.2) is 11.5 Å². The lowest BCUT2D eigenvalue weighted by Gasteiger charge is -2.21. The van der Waals surface area contributed by atoms with E-state index in [1.54, 1.807) is 19.2 Å². The highest BCUT2D eigenvalue weighted by Crippen LogP contribution is 2.32. The Morgan fingerprint density at radius 1 is 1.42 bits per heavy atom. The fraction of sp³-hybridized carbons (Fsp3) is 0.462. The average molecular weight is 266 g/mol. The van der Waals surface area contributed by atoms with Crippen molar-refractivity contribution in [3.8, 4) is 11.5 Å². The fourth-order valence-electron chi connectivity index (χ4n) is 1.93. The molecule has 1 atom stereocenters. The third-order valence-corrected chi connectivity index (χ3v) is 2.84. The van der Waals surface area contributed by atoms with Gasteiger partial charge in [-0.1, -0.05) is 6.07 Å². The van der Waals surface area contributed by atoms with E-state index in [-0.39, 0.29) is 0 Å². The third-order valence-electron chi connectivity index (χ3n) is 2.84. The number of carbonyl (C=O) groups excluding carboxylic acids is 1. The number of methoxy groups -OCH3 is 1. The molecule has 0 saturated carbocycles. The molecule has 0 aromatic heterocycles. The number of fused-ring (bicyclic) bond motifs is 1. The molecule has 0 bridgehead atoms. The summed E-state index contributed by atoms with van der Waals surface area (Å²) in [5.41, 5.74) is 6.17. The van der Waals surface area contributed by atoms with Crippen molar-refractivity contribution in [2.45, 2.75) is 6.04 Å². The van der Waals surface area contributed by atoms with Gasteiger partial charge in [0.1, 0.15) is 19.3 Å². The van der Waals surface area contributed by atoms with Crippen LogP contribution in [0.15, 0.2) is 18.2 Å². The molecular formula is C13H18N2O4. The van der Waals surface area contributed by atoms with Crippen LogP contribution in [0.1, 0.15) is 11.6 Å². The van der Waals surface area contributed by atoms with Crippen LogP contribution in [0, 0.1) is 0 Å². The Balaban J connectivity index is 2.14. The molecule has 2 rings (SSSR count). The van der Waals surface area contributed by atoms with E-state index in [2.05, 4.69) is 5.32 Å². The molecule has 104 valence electrons. The van der Waals surface area contributed by atoms with Crippen molar-refractivity contribution in [1.82, 2.24) is 5.32 Å². The van der Waals surface area contributed by atoms with Crippen molar-refractivity contribution >= 4 is 5.91 Å². The maximum Gasteiger partial charge on any atom is 0.239 e. The summed E-state index contributed by atoms with van der Waals surface area (Å²) in [5, 5.41) is 3.05. The number of benzene rings is 1. The Labute approximate surface area is 111 Å². The van der Waals surface area contributed by atoms with E-state index in [1.807, 2.05) is 6.07 Å². The van der Waals surface area contributed by atoms with Crippen LogP contribution in [0.5, 0.6) is 11.5 Å². The molecule has 3 N–H and O–H groups in total. The van der Waals surface area contributed by atoms with E-state index in [4.69, 9.17) is 19.9 Å². The Morgan fingerprint density at radius 3 is 2.84 bits per heavy atom. The first kappa shape index (κ1) is 13.6. The summed E-state index contributed by atoms with van der Waals surface area (Å²) in [5.74, 6) is 0.895. The highest BCUT2D eigenvalue weighted by Gasteiger charge is 2.20. The third kappa shape index (κ3) is 3.36. The number of amides is 1. The zero-order valence-electron chi connectivity index (χ0n) is 10.8. The van der Waals surface area contributed by atoms with Crippen LogP contribution >= 0.6 is 0 Å². The molecule has 19 heavy (non-hydrogen) atoms. The molecule has 1 unspecified atom stereocenters.